The molecule has 186 valence electrons. The maximum atomic E-state index is 13.5. The second-order valence-corrected chi connectivity index (χ2v) is 8.07. The molecule has 0 heterocycles. The number of amides is 2. The van der Waals surface area contributed by atoms with Gasteiger partial charge in [-0.2, -0.15) is 13.2 Å². The first-order chi connectivity index (χ1) is 16.6. The molecular formula is C25H25F3N2O5. The van der Waals surface area contributed by atoms with Gasteiger partial charge in [-0.1, -0.05) is 54.6 Å². The Kier molecular flexibility index (Phi) is 8.16. The molecule has 0 aromatic heterocycles. The number of benzene rings is 2. The number of carboxylic acid groups (broad SMARTS) is 1. The predicted octanol–water partition coefficient (Wildman–Crippen LogP) is 4.24. The lowest BCUT2D eigenvalue weighted by molar-refractivity contribution is -0.182. The van der Waals surface area contributed by atoms with E-state index in [1.54, 1.807) is 0 Å². The molecule has 2 aromatic rings. The highest BCUT2D eigenvalue weighted by Crippen LogP contribution is 2.44. The number of fused-ring (bicyclic) bond motifs is 3. The molecule has 3 N–H and O–H groups in total. The minimum absolute atomic E-state index is 0.106. The lowest BCUT2D eigenvalue weighted by Gasteiger charge is -2.22. The van der Waals surface area contributed by atoms with Crippen LogP contribution in [0.3, 0.4) is 0 Å². The van der Waals surface area contributed by atoms with Gasteiger partial charge in [0.15, 0.2) is 5.92 Å². The van der Waals surface area contributed by atoms with Crippen LogP contribution < -0.4 is 10.6 Å². The number of hydrogen-bond donors (Lipinski definition) is 3. The fraction of sp³-hybridized carbons (Fsp3) is 0.320. The molecule has 0 fully saturated rings. The number of carboxylic acids is 1. The van der Waals surface area contributed by atoms with Gasteiger partial charge in [-0.15, -0.1) is 6.58 Å². The van der Waals surface area contributed by atoms with Crippen LogP contribution in [-0.2, 0) is 14.3 Å². The highest BCUT2D eigenvalue weighted by atomic mass is 19.4. The number of nitrogens with one attached hydrogen (secondary N) is 2. The van der Waals surface area contributed by atoms with Gasteiger partial charge in [-0.25, -0.2) is 9.59 Å². The molecule has 7 nitrogen and oxygen atoms in total. The van der Waals surface area contributed by atoms with E-state index in [0.717, 1.165) is 22.3 Å². The summed E-state index contributed by atoms with van der Waals surface area (Å²) in [7, 11) is 0. The van der Waals surface area contributed by atoms with Crippen molar-refractivity contribution in [1.29, 1.82) is 0 Å². The van der Waals surface area contributed by atoms with E-state index in [1.807, 2.05) is 59.2 Å². The second kappa shape index (κ2) is 11.1. The molecule has 0 bridgehead atoms. The van der Waals surface area contributed by atoms with Crippen molar-refractivity contribution in [2.75, 3.05) is 13.2 Å². The van der Waals surface area contributed by atoms with E-state index in [9.17, 15) is 27.6 Å². The van der Waals surface area contributed by atoms with Gasteiger partial charge in [-0.3, -0.25) is 4.79 Å². The molecule has 1 aliphatic carbocycles. The van der Waals surface area contributed by atoms with Gasteiger partial charge in [0.05, 0.1) is 0 Å². The number of carbonyl (C=O) groups is 3. The van der Waals surface area contributed by atoms with Gasteiger partial charge in [0.25, 0.3) is 0 Å². The van der Waals surface area contributed by atoms with Gasteiger partial charge >= 0.3 is 18.2 Å². The topological polar surface area (TPSA) is 105 Å². The summed E-state index contributed by atoms with van der Waals surface area (Å²) in [5, 5.41) is 13.0. The summed E-state index contributed by atoms with van der Waals surface area (Å²) in [5.41, 5.74) is 3.87. The van der Waals surface area contributed by atoms with Gasteiger partial charge in [0, 0.05) is 12.5 Å². The maximum absolute atomic E-state index is 13.5. The third-order valence-electron chi connectivity index (χ3n) is 5.78. The first-order valence-corrected chi connectivity index (χ1v) is 10.9. The quantitative estimate of drug-likeness (QED) is 0.432. The smallest absolute Gasteiger partial charge is 0.407 e. The Bertz CT molecular complexity index is 1060. The number of ether oxygens (including phenoxy) is 1. The Morgan fingerprint density at radius 3 is 2.14 bits per heavy atom. The van der Waals surface area contributed by atoms with Crippen molar-refractivity contribution in [3.8, 4) is 11.1 Å². The molecule has 0 saturated carbocycles. The average molecular weight is 490 g/mol. The molecule has 35 heavy (non-hydrogen) atoms. The third-order valence-corrected chi connectivity index (χ3v) is 5.78. The highest BCUT2D eigenvalue weighted by Gasteiger charge is 2.46. The fourth-order valence-corrected chi connectivity index (χ4v) is 4.01. The molecule has 0 radical (unpaired) electrons. The van der Waals surface area contributed by atoms with Crippen molar-refractivity contribution in [2.24, 2.45) is 5.92 Å². The Balaban J connectivity index is 1.61. The van der Waals surface area contributed by atoms with E-state index in [1.165, 1.54) is 6.08 Å². The summed E-state index contributed by atoms with van der Waals surface area (Å²) < 4.78 is 45.6. The first kappa shape index (κ1) is 25.8. The number of halogens is 3. The number of carbonyl (C=O) groups excluding carboxylic acids is 2. The van der Waals surface area contributed by atoms with Crippen LogP contribution in [0.5, 0.6) is 0 Å². The molecule has 1 aliphatic rings. The normalized spacial score (nSPS) is 14.3. The molecule has 0 saturated heterocycles. The van der Waals surface area contributed by atoms with Crippen molar-refractivity contribution < 1.29 is 37.4 Å². The van der Waals surface area contributed by atoms with Crippen LogP contribution in [0.25, 0.3) is 11.1 Å². The standard InChI is InChI=1S/C25H25F3N2O5/c1-2-3-12-21(23(32)33)30-22(31)20(25(26,27)28)13-29-24(34)35-14-19-17-10-6-4-8-15(17)16-9-5-7-11-18(16)19/h2,4-11,19-21H,1,3,12-14H2,(H,29,34)(H,30,31)(H,32,33). The molecule has 0 aliphatic heterocycles. The van der Waals surface area contributed by atoms with Crippen molar-refractivity contribution in [3.05, 3.63) is 72.3 Å². The molecule has 2 amide bonds. The second-order valence-electron chi connectivity index (χ2n) is 8.07. The number of alkyl carbamates (subject to hydrolysis) is 1. The Labute approximate surface area is 200 Å². The highest BCUT2D eigenvalue weighted by molar-refractivity contribution is 5.86. The summed E-state index contributed by atoms with van der Waals surface area (Å²) in [4.78, 5) is 35.7. The van der Waals surface area contributed by atoms with E-state index in [4.69, 9.17) is 9.84 Å². The van der Waals surface area contributed by atoms with E-state index >= 15 is 0 Å². The Morgan fingerprint density at radius 1 is 1.06 bits per heavy atom. The molecule has 3 rings (SSSR count). The zero-order valence-electron chi connectivity index (χ0n) is 18.7. The summed E-state index contributed by atoms with van der Waals surface area (Å²) >= 11 is 0. The van der Waals surface area contributed by atoms with E-state index in [-0.39, 0.29) is 25.4 Å². The monoisotopic (exact) mass is 490 g/mol. The van der Waals surface area contributed by atoms with Gasteiger partial charge in [-0.05, 0) is 35.1 Å². The van der Waals surface area contributed by atoms with E-state index < -0.39 is 42.7 Å². The number of allylic oxidation sites excluding steroid dienone is 1. The van der Waals surface area contributed by atoms with E-state index in [0.29, 0.717) is 0 Å². The lowest BCUT2D eigenvalue weighted by Crippen LogP contribution is -2.50. The minimum Gasteiger partial charge on any atom is -0.480 e. The van der Waals surface area contributed by atoms with Crippen molar-refractivity contribution in [1.82, 2.24) is 10.6 Å². The van der Waals surface area contributed by atoms with Crippen LogP contribution in [0.4, 0.5) is 18.0 Å². The summed E-state index contributed by atoms with van der Waals surface area (Å²) in [6.45, 7) is 2.22. The number of rotatable bonds is 10. The van der Waals surface area contributed by atoms with E-state index in [2.05, 4.69) is 6.58 Å². The number of hydrogen-bond acceptors (Lipinski definition) is 4. The van der Waals surface area contributed by atoms with Crippen LogP contribution in [0.15, 0.2) is 61.2 Å². The van der Waals surface area contributed by atoms with Crippen LogP contribution >= 0.6 is 0 Å². The number of aliphatic carboxylic acids is 1. The average Bonchev–Trinajstić information content (AvgIpc) is 3.13. The van der Waals surface area contributed by atoms with Crippen LogP contribution in [0.1, 0.15) is 29.9 Å². The molecular weight excluding hydrogens is 465 g/mol. The largest absolute Gasteiger partial charge is 0.480 e. The van der Waals surface area contributed by atoms with Crippen LogP contribution in [0.2, 0.25) is 0 Å². The molecule has 0 spiro atoms. The lowest BCUT2D eigenvalue weighted by atomic mass is 9.98. The summed E-state index contributed by atoms with van der Waals surface area (Å²) in [6.07, 6.45) is -4.67. The zero-order chi connectivity index (χ0) is 25.6. The fourth-order valence-electron chi connectivity index (χ4n) is 4.01. The SMILES string of the molecule is C=CCCC(NC(=O)C(CNC(=O)OCC1c2ccccc2-c2ccccc21)C(F)(F)F)C(=O)O. The van der Waals surface area contributed by atoms with Crippen molar-refractivity contribution in [2.45, 2.75) is 31.0 Å². The summed E-state index contributed by atoms with van der Waals surface area (Å²) in [5.74, 6) is -5.94. The molecule has 10 heteroatoms. The van der Waals surface area contributed by atoms with Crippen molar-refractivity contribution in [3.63, 3.8) is 0 Å². The van der Waals surface area contributed by atoms with Gasteiger partial charge in [0.2, 0.25) is 5.91 Å². The Hall–Kier alpha value is -3.82. The van der Waals surface area contributed by atoms with Crippen LogP contribution in [-0.4, -0.2) is 48.4 Å². The van der Waals surface area contributed by atoms with Gasteiger partial charge < -0.3 is 20.5 Å². The third kappa shape index (κ3) is 6.20. The number of alkyl halides is 3. The molecule has 2 aromatic carbocycles. The van der Waals surface area contributed by atoms with Crippen molar-refractivity contribution >= 4 is 18.0 Å². The molecule has 2 unspecified atom stereocenters. The molecule has 2 atom stereocenters. The predicted molar refractivity (Wildman–Crippen MR) is 122 cm³/mol. The zero-order valence-corrected chi connectivity index (χ0v) is 18.7. The Morgan fingerprint density at radius 2 is 1.63 bits per heavy atom. The summed E-state index contributed by atoms with van der Waals surface area (Å²) in [6, 6.07) is 13.7. The first-order valence-electron chi connectivity index (χ1n) is 10.9. The van der Waals surface area contributed by atoms with Crippen LogP contribution in [0, 0.1) is 5.92 Å². The van der Waals surface area contributed by atoms with Gasteiger partial charge in [0.1, 0.15) is 12.6 Å². The minimum atomic E-state index is -5.01. The maximum Gasteiger partial charge on any atom is 0.407 e.